The monoisotopic (exact) mass is 203 g/mol. The minimum Gasteiger partial charge on any atom is -0.317 e. The lowest BCUT2D eigenvalue weighted by Gasteiger charge is -2.23. The van der Waals surface area contributed by atoms with E-state index in [-0.39, 0.29) is 0 Å². The summed E-state index contributed by atoms with van der Waals surface area (Å²) in [4.78, 5) is 0. The van der Waals surface area contributed by atoms with E-state index in [0.29, 0.717) is 5.41 Å². The molecule has 1 aliphatic rings. The Morgan fingerprint density at radius 3 is 2.33 bits per heavy atom. The Hall–Kier alpha value is -0.820. The summed E-state index contributed by atoms with van der Waals surface area (Å²) in [5.41, 5.74) is 3.62. The first-order valence-corrected chi connectivity index (χ1v) is 6.01. The van der Waals surface area contributed by atoms with E-state index < -0.39 is 0 Å². The zero-order chi connectivity index (χ0) is 10.7. The molecule has 2 rings (SSSR count). The third kappa shape index (κ3) is 2.40. The van der Waals surface area contributed by atoms with Gasteiger partial charge in [0.1, 0.15) is 0 Å². The number of rotatable bonds is 4. The van der Waals surface area contributed by atoms with Crippen molar-refractivity contribution >= 4 is 0 Å². The van der Waals surface area contributed by atoms with Gasteiger partial charge in [0.25, 0.3) is 0 Å². The van der Waals surface area contributed by atoms with Gasteiger partial charge < -0.3 is 5.32 Å². The van der Waals surface area contributed by atoms with Crippen LogP contribution in [0, 0.1) is 5.41 Å². The predicted octanol–water partition coefficient (Wildman–Crippen LogP) is 2.79. The Labute approximate surface area is 92.9 Å². The van der Waals surface area contributed by atoms with E-state index in [9.17, 15) is 0 Å². The van der Waals surface area contributed by atoms with Gasteiger partial charge in [-0.2, -0.15) is 0 Å². The molecular weight excluding hydrogens is 182 g/mol. The fourth-order valence-electron chi connectivity index (χ4n) is 2.63. The summed E-state index contributed by atoms with van der Waals surface area (Å²) in [7, 11) is 0. The van der Waals surface area contributed by atoms with Crippen molar-refractivity contribution in [3.63, 3.8) is 0 Å². The van der Waals surface area contributed by atoms with Crippen molar-refractivity contribution in [2.45, 2.75) is 33.1 Å². The minimum absolute atomic E-state index is 0.492. The zero-order valence-corrected chi connectivity index (χ0v) is 9.84. The van der Waals surface area contributed by atoms with Crippen LogP contribution in [0.2, 0.25) is 0 Å². The van der Waals surface area contributed by atoms with Crippen molar-refractivity contribution in [1.82, 2.24) is 5.32 Å². The molecule has 0 saturated heterocycles. The molecule has 0 aromatic heterocycles. The van der Waals surface area contributed by atoms with Crippen LogP contribution in [0.5, 0.6) is 0 Å². The smallest absolute Gasteiger partial charge is 0.00436 e. The molecule has 1 heteroatoms. The molecule has 82 valence electrons. The van der Waals surface area contributed by atoms with Crippen molar-refractivity contribution in [3.8, 4) is 0 Å². The maximum atomic E-state index is 3.43. The molecule has 0 amide bonds. The Morgan fingerprint density at radius 2 is 1.80 bits per heavy atom. The number of fused-ring (bicyclic) bond motifs is 1. The summed E-state index contributed by atoms with van der Waals surface area (Å²) >= 11 is 0. The number of hydrogen-bond acceptors (Lipinski definition) is 1. The van der Waals surface area contributed by atoms with Gasteiger partial charge in [-0.1, -0.05) is 38.1 Å². The van der Waals surface area contributed by atoms with E-state index in [1.807, 2.05) is 0 Å². The van der Waals surface area contributed by atoms with Crippen LogP contribution in [-0.4, -0.2) is 13.1 Å². The van der Waals surface area contributed by atoms with Crippen LogP contribution in [-0.2, 0) is 12.8 Å². The van der Waals surface area contributed by atoms with Crippen LogP contribution in [0.4, 0.5) is 0 Å². The van der Waals surface area contributed by atoms with Crippen LogP contribution >= 0.6 is 0 Å². The van der Waals surface area contributed by atoms with Crippen LogP contribution in [0.3, 0.4) is 0 Å². The first-order valence-electron chi connectivity index (χ1n) is 6.01. The maximum absolute atomic E-state index is 3.43. The SMILES string of the molecule is CCNCCC1(C)Cc2ccccc2C1. The molecule has 1 aliphatic carbocycles. The topological polar surface area (TPSA) is 12.0 Å². The highest BCUT2D eigenvalue weighted by Gasteiger charge is 2.31. The molecule has 1 N–H and O–H groups in total. The van der Waals surface area contributed by atoms with Gasteiger partial charge in [-0.15, -0.1) is 0 Å². The van der Waals surface area contributed by atoms with Gasteiger partial charge in [0, 0.05) is 0 Å². The summed E-state index contributed by atoms with van der Waals surface area (Å²) in [6, 6.07) is 8.89. The Bertz CT molecular complexity index is 305. The Balaban J connectivity index is 1.98. The van der Waals surface area contributed by atoms with Gasteiger partial charge in [0.15, 0.2) is 0 Å². The molecule has 1 aromatic carbocycles. The highest BCUT2D eigenvalue weighted by atomic mass is 14.8. The lowest BCUT2D eigenvalue weighted by atomic mass is 9.84. The van der Waals surface area contributed by atoms with Crippen LogP contribution < -0.4 is 5.32 Å². The van der Waals surface area contributed by atoms with Crippen molar-refractivity contribution < 1.29 is 0 Å². The largest absolute Gasteiger partial charge is 0.317 e. The lowest BCUT2D eigenvalue weighted by molar-refractivity contribution is 0.311. The second-order valence-corrected chi connectivity index (χ2v) is 5.04. The first kappa shape index (κ1) is 10.7. The van der Waals surface area contributed by atoms with Gasteiger partial charge in [0.2, 0.25) is 0 Å². The van der Waals surface area contributed by atoms with Crippen molar-refractivity contribution in [2.75, 3.05) is 13.1 Å². The third-order valence-corrected chi connectivity index (χ3v) is 3.51. The van der Waals surface area contributed by atoms with E-state index >= 15 is 0 Å². The molecule has 0 fully saturated rings. The molecule has 15 heavy (non-hydrogen) atoms. The molecule has 0 saturated carbocycles. The van der Waals surface area contributed by atoms with Gasteiger partial charge in [-0.05, 0) is 48.9 Å². The second kappa shape index (κ2) is 4.36. The molecular formula is C14H21N. The number of nitrogens with one attached hydrogen (secondary N) is 1. The van der Waals surface area contributed by atoms with E-state index in [1.165, 1.54) is 19.3 Å². The van der Waals surface area contributed by atoms with E-state index in [0.717, 1.165) is 13.1 Å². The third-order valence-electron chi connectivity index (χ3n) is 3.51. The standard InChI is InChI=1S/C14H21N/c1-3-15-9-8-14(2)10-12-6-4-5-7-13(12)11-14/h4-7,15H,3,8-11H2,1-2H3. The second-order valence-electron chi connectivity index (χ2n) is 5.04. The minimum atomic E-state index is 0.492. The highest BCUT2D eigenvalue weighted by molar-refractivity contribution is 5.33. The van der Waals surface area contributed by atoms with E-state index in [4.69, 9.17) is 0 Å². The molecule has 0 aliphatic heterocycles. The van der Waals surface area contributed by atoms with Gasteiger partial charge in [0.05, 0.1) is 0 Å². The number of hydrogen-bond donors (Lipinski definition) is 1. The summed E-state index contributed by atoms with van der Waals surface area (Å²) in [5, 5.41) is 3.43. The Kier molecular flexibility index (Phi) is 3.11. The molecule has 0 unspecified atom stereocenters. The van der Waals surface area contributed by atoms with Crippen LogP contribution in [0.1, 0.15) is 31.4 Å². The first-order chi connectivity index (χ1) is 7.23. The van der Waals surface area contributed by atoms with Gasteiger partial charge in [-0.3, -0.25) is 0 Å². The zero-order valence-electron chi connectivity index (χ0n) is 9.84. The maximum Gasteiger partial charge on any atom is -0.00436 e. The molecule has 0 atom stereocenters. The molecule has 0 radical (unpaired) electrons. The number of benzene rings is 1. The van der Waals surface area contributed by atoms with Gasteiger partial charge in [-0.25, -0.2) is 0 Å². The fourth-order valence-corrected chi connectivity index (χ4v) is 2.63. The van der Waals surface area contributed by atoms with Crippen LogP contribution in [0.25, 0.3) is 0 Å². The van der Waals surface area contributed by atoms with E-state index in [1.54, 1.807) is 11.1 Å². The van der Waals surface area contributed by atoms with E-state index in [2.05, 4.69) is 43.4 Å². The van der Waals surface area contributed by atoms with Crippen LogP contribution in [0.15, 0.2) is 24.3 Å². The Morgan fingerprint density at radius 1 is 1.20 bits per heavy atom. The fraction of sp³-hybridized carbons (Fsp3) is 0.571. The predicted molar refractivity (Wildman–Crippen MR) is 65.1 cm³/mol. The lowest BCUT2D eigenvalue weighted by Crippen LogP contribution is -2.24. The van der Waals surface area contributed by atoms with Crippen molar-refractivity contribution in [2.24, 2.45) is 5.41 Å². The quantitative estimate of drug-likeness (QED) is 0.742. The molecule has 1 aromatic rings. The molecule has 0 spiro atoms. The summed E-state index contributed by atoms with van der Waals surface area (Å²) < 4.78 is 0. The average Bonchev–Trinajstić information content (AvgIpc) is 2.54. The molecule has 0 heterocycles. The average molecular weight is 203 g/mol. The molecule has 0 bridgehead atoms. The van der Waals surface area contributed by atoms with Crippen molar-refractivity contribution in [1.29, 1.82) is 0 Å². The summed E-state index contributed by atoms with van der Waals surface area (Å²) in [6.07, 6.45) is 3.80. The highest BCUT2D eigenvalue weighted by Crippen LogP contribution is 2.38. The summed E-state index contributed by atoms with van der Waals surface area (Å²) in [5.74, 6) is 0. The normalized spacial score (nSPS) is 17.7. The van der Waals surface area contributed by atoms with Gasteiger partial charge >= 0.3 is 0 Å². The van der Waals surface area contributed by atoms with Crippen molar-refractivity contribution in [3.05, 3.63) is 35.4 Å². The summed E-state index contributed by atoms with van der Waals surface area (Å²) in [6.45, 7) is 6.83. The molecule has 1 nitrogen and oxygen atoms in total.